The van der Waals surface area contributed by atoms with Crippen LogP contribution in [-0.2, 0) is 14.8 Å². The van der Waals surface area contributed by atoms with E-state index in [9.17, 15) is 23.1 Å². The molecule has 1 aliphatic carbocycles. The van der Waals surface area contributed by atoms with Gasteiger partial charge >= 0.3 is 5.97 Å². The van der Waals surface area contributed by atoms with Crippen LogP contribution in [0.5, 0.6) is 0 Å². The second-order valence-corrected chi connectivity index (χ2v) is 7.80. The lowest BCUT2D eigenvalue weighted by Gasteiger charge is -2.14. The van der Waals surface area contributed by atoms with Crippen molar-refractivity contribution < 1.29 is 27.5 Å². The Labute approximate surface area is 133 Å². The molecule has 8 nitrogen and oxygen atoms in total. The summed E-state index contributed by atoms with van der Waals surface area (Å²) in [6.07, 6.45) is 2.00. The third-order valence-electron chi connectivity index (χ3n) is 4.52. The minimum absolute atomic E-state index is 0.0353. The first-order valence-electron chi connectivity index (χ1n) is 7.39. The molecule has 0 aromatic carbocycles. The minimum atomic E-state index is -3.75. The Morgan fingerprint density at radius 3 is 2.57 bits per heavy atom. The van der Waals surface area contributed by atoms with E-state index in [1.807, 2.05) is 0 Å². The highest BCUT2D eigenvalue weighted by Gasteiger charge is 2.47. The van der Waals surface area contributed by atoms with Gasteiger partial charge in [-0.3, -0.25) is 9.59 Å². The van der Waals surface area contributed by atoms with Crippen molar-refractivity contribution in [1.82, 2.24) is 9.62 Å². The van der Waals surface area contributed by atoms with Crippen molar-refractivity contribution in [2.75, 3.05) is 20.1 Å². The maximum Gasteiger partial charge on any atom is 0.308 e. The van der Waals surface area contributed by atoms with Crippen molar-refractivity contribution >= 4 is 21.9 Å². The smallest absolute Gasteiger partial charge is 0.308 e. The van der Waals surface area contributed by atoms with Crippen LogP contribution in [0.4, 0.5) is 0 Å². The van der Waals surface area contributed by atoms with E-state index in [1.165, 1.54) is 24.1 Å². The number of carboxylic acids is 1. The number of carbonyl (C=O) groups is 2. The predicted octanol–water partition coefficient (Wildman–Crippen LogP) is 0.370. The number of likely N-dealkylation sites (tertiary alicyclic amines) is 1. The van der Waals surface area contributed by atoms with Gasteiger partial charge in [-0.25, -0.2) is 13.1 Å². The van der Waals surface area contributed by atoms with Gasteiger partial charge in [0.2, 0.25) is 5.09 Å². The highest BCUT2D eigenvalue weighted by atomic mass is 32.2. The SMILES string of the molecule is CNS(=O)(=O)c1ccc(C(=O)N2C[C@H](C(=O)O)[C@@H](C3CC3)C2)o1. The molecule has 2 fully saturated rings. The summed E-state index contributed by atoms with van der Waals surface area (Å²) in [6.45, 7) is 0.499. The fourth-order valence-electron chi connectivity index (χ4n) is 3.09. The first-order chi connectivity index (χ1) is 10.8. The van der Waals surface area contributed by atoms with Gasteiger partial charge in [-0.15, -0.1) is 0 Å². The molecule has 0 unspecified atom stereocenters. The van der Waals surface area contributed by atoms with Gasteiger partial charge in [0.25, 0.3) is 15.9 Å². The molecule has 9 heteroatoms. The number of aliphatic carboxylic acids is 1. The molecule has 1 aliphatic heterocycles. The fraction of sp³-hybridized carbons (Fsp3) is 0.571. The maximum absolute atomic E-state index is 12.5. The topological polar surface area (TPSA) is 117 Å². The monoisotopic (exact) mass is 342 g/mol. The summed E-state index contributed by atoms with van der Waals surface area (Å²) in [5.41, 5.74) is 0. The number of carboxylic acid groups (broad SMARTS) is 1. The maximum atomic E-state index is 12.5. The van der Waals surface area contributed by atoms with Gasteiger partial charge in [-0.1, -0.05) is 0 Å². The minimum Gasteiger partial charge on any atom is -0.481 e. The van der Waals surface area contributed by atoms with Gasteiger partial charge in [-0.05, 0) is 43.9 Å². The molecular weight excluding hydrogens is 324 g/mol. The number of carbonyl (C=O) groups excluding carboxylic acids is 1. The van der Waals surface area contributed by atoms with Crippen LogP contribution in [0.2, 0.25) is 0 Å². The summed E-state index contributed by atoms with van der Waals surface area (Å²) >= 11 is 0. The zero-order valence-electron chi connectivity index (χ0n) is 12.6. The Balaban J connectivity index is 1.77. The Morgan fingerprint density at radius 2 is 2.00 bits per heavy atom. The van der Waals surface area contributed by atoms with E-state index in [4.69, 9.17) is 4.42 Å². The number of hydrogen-bond acceptors (Lipinski definition) is 5. The van der Waals surface area contributed by atoms with Gasteiger partial charge in [0, 0.05) is 13.1 Å². The molecule has 2 aliphatic rings. The van der Waals surface area contributed by atoms with Crippen molar-refractivity contribution in [2.45, 2.75) is 17.9 Å². The molecule has 3 rings (SSSR count). The van der Waals surface area contributed by atoms with E-state index >= 15 is 0 Å². The van der Waals surface area contributed by atoms with Crippen LogP contribution in [-0.4, -0.2) is 50.4 Å². The van der Waals surface area contributed by atoms with E-state index in [2.05, 4.69) is 4.72 Å². The number of nitrogens with zero attached hydrogens (tertiary/aromatic N) is 1. The van der Waals surface area contributed by atoms with Gasteiger partial charge in [0.05, 0.1) is 5.92 Å². The number of nitrogens with one attached hydrogen (secondary N) is 1. The summed E-state index contributed by atoms with van der Waals surface area (Å²) in [7, 11) is -2.51. The molecule has 1 aromatic rings. The van der Waals surface area contributed by atoms with Gasteiger partial charge in [0.1, 0.15) is 0 Å². The predicted molar refractivity (Wildman–Crippen MR) is 78.2 cm³/mol. The summed E-state index contributed by atoms with van der Waals surface area (Å²) < 4.78 is 30.5. The van der Waals surface area contributed by atoms with Crippen LogP contribution in [0.3, 0.4) is 0 Å². The quantitative estimate of drug-likeness (QED) is 0.798. The summed E-state index contributed by atoms with van der Waals surface area (Å²) in [4.78, 5) is 25.3. The van der Waals surface area contributed by atoms with E-state index in [-0.39, 0.29) is 23.3 Å². The number of hydrogen-bond donors (Lipinski definition) is 2. The normalized spacial score (nSPS) is 24.8. The molecule has 1 aromatic heterocycles. The van der Waals surface area contributed by atoms with E-state index in [0.29, 0.717) is 12.5 Å². The van der Waals surface area contributed by atoms with Gasteiger partial charge in [0.15, 0.2) is 5.76 Å². The largest absolute Gasteiger partial charge is 0.481 e. The fourth-order valence-corrected chi connectivity index (χ4v) is 3.74. The number of amides is 1. The molecule has 23 heavy (non-hydrogen) atoms. The lowest BCUT2D eigenvalue weighted by Crippen LogP contribution is -2.29. The van der Waals surface area contributed by atoms with Crippen LogP contribution >= 0.6 is 0 Å². The molecule has 0 bridgehead atoms. The van der Waals surface area contributed by atoms with Crippen LogP contribution in [0.25, 0.3) is 0 Å². The first-order valence-corrected chi connectivity index (χ1v) is 8.87. The summed E-state index contributed by atoms with van der Waals surface area (Å²) in [6, 6.07) is 2.51. The Bertz CT molecular complexity index is 736. The first kappa shape index (κ1) is 16.0. The van der Waals surface area contributed by atoms with Crippen molar-refractivity contribution in [2.24, 2.45) is 17.8 Å². The zero-order chi connectivity index (χ0) is 16.8. The van der Waals surface area contributed by atoms with Crippen LogP contribution in [0, 0.1) is 17.8 Å². The lowest BCUT2D eigenvalue weighted by atomic mass is 9.92. The summed E-state index contributed by atoms with van der Waals surface area (Å²) in [5, 5.41) is 8.99. The van der Waals surface area contributed by atoms with Crippen molar-refractivity contribution in [3.63, 3.8) is 0 Å². The Kier molecular flexibility index (Phi) is 3.93. The number of rotatable bonds is 5. The van der Waals surface area contributed by atoms with Crippen molar-refractivity contribution in [3.8, 4) is 0 Å². The number of sulfonamides is 1. The second-order valence-electron chi connectivity index (χ2n) is 5.98. The molecule has 2 atom stereocenters. The highest BCUT2D eigenvalue weighted by molar-refractivity contribution is 7.89. The van der Waals surface area contributed by atoms with Gasteiger partial charge < -0.3 is 14.4 Å². The van der Waals surface area contributed by atoms with Crippen LogP contribution in [0.1, 0.15) is 23.4 Å². The third kappa shape index (κ3) is 2.98. The van der Waals surface area contributed by atoms with E-state index in [0.717, 1.165) is 12.8 Å². The Hall–Kier alpha value is -1.87. The highest BCUT2D eigenvalue weighted by Crippen LogP contribution is 2.44. The molecular formula is C14H18N2O6S. The van der Waals surface area contributed by atoms with Crippen molar-refractivity contribution in [3.05, 3.63) is 17.9 Å². The molecule has 2 N–H and O–H groups in total. The zero-order valence-corrected chi connectivity index (χ0v) is 13.4. The molecule has 126 valence electrons. The molecule has 1 saturated heterocycles. The van der Waals surface area contributed by atoms with E-state index in [1.54, 1.807) is 0 Å². The Morgan fingerprint density at radius 1 is 1.30 bits per heavy atom. The van der Waals surface area contributed by atoms with E-state index < -0.39 is 27.8 Å². The third-order valence-corrected chi connectivity index (χ3v) is 5.81. The molecule has 1 amide bonds. The molecule has 0 radical (unpaired) electrons. The standard InChI is InChI=1S/C14H18N2O6S/c1-15-23(20,21)12-5-4-11(22-12)13(17)16-6-9(8-2-3-8)10(7-16)14(18)19/h4-5,8-10,15H,2-3,6-7H2,1H3,(H,18,19)/t9-,10+/m1/s1. The lowest BCUT2D eigenvalue weighted by molar-refractivity contribution is -0.142. The molecule has 2 heterocycles. The number of furan rings is 1. The summed E-state index contributed by atoms with van der Waals surface area (Å²) in [5.74, 6) is -1.70. The molecule has 1 saturated carbocycles. The second kappa shape index (κ2) is 5.64. The van der Waals surface area contributed by atoms with Crippen LogP contribution < -0.4 is 4.72 Å². The average Bonchev–Trinajstić information content (AvgIpc) is 3.06. The average molecular weight is 342 g/mol. The molecule has 0 spiro atoms. The van der Waals surface area contributed by atoms with Crippen molar-refractivity contribution in [1.29, 1.82) is 0 Å². The van der Waals surface area contributed by atoms with Gasteiger partial charge in [-0.2, -0.15) is 0 Å². The van der Waals surface area contributed by atoms with Crippen LogP contribution in [0.15, 0.2) is 21.6 Å².